The molecule has 28 heavy (non-hydrogen) atoms. The average Bonchev–Trinajstić information content (AvgIpc) is 2.69. The van der Waals surface area contributed by atoms with Crippen LogP contribution in [0.15, 0.2) is 77.7 Å². The van der Waals surface area contributed by atoms with Gasteiger partial charge in [0.05, 0.1) is 16.2 Å². The van der Waals surface area contributed by atoms with E-state index in [2.05, 4.69) is 5.32 Å². The van der Waals surface area contributed by atoms with E-state index in [0.717, 1.165) is 11.3 Å². The summed E-state index contributed by atoms with van der Waals surface area (Å²) in [6, 6.07) is 20.8. The summed E-state index contributed by atoms with van der Waals surface area (Å²) in [6.45, 7) is 3.54. The van der Waals surface area contributed by atoms with Gasteiger partial charge < -0.3 is 10.1 Å². The molecule has 0 aliphatic rings. The van der Waals surface area contributed by atoms with E-state index in [1.54, 1.807) is 43.3 Å². The number of hydrogen-bond acceptors (Lipinski definition) is 4. The Kier molecular flexibility index (Phi) is 5.80. The van der Waals surface area contributed by atoms with Gasteiger partial charge in [-0.3, -0.25) is 4.79 Å². The maximum absolute atomic E-state index is 12.6. The summed E-state index contributed by atoms with van der Waals surface area (Å²) < 4.78 is 30.2. The van der Waals surface area contributed by atoms with Crippen LogP contribution in [0, 0.1) is 6.92 Å². The number of ether oxygens (including phenoxy) is 1. The summed E-state index contributed by atoms with van der Waals surface area (Å²) in [6.07, 6.45) is 0. The Bertz CT molecular complexity index is 1090. The van der Waals surface area contributed by atoms with Gasteiger partial charge in [0.25, 0.3) is 5.91 Å². The summed E-state index contributed by atoms with van der Waals surface area (Å²) in [7, 11) is -3.49. The summed E-state index contributed by atoms with van der Waals surface area (Å²) in [4.78, 5) is 12.6. The zero-order valence-electron chi connectivity index (χ0n) is 15.7. The van der Waals surface area contributed by atoms with Crippen molar-refractivity contribution in [2.45, 2.75) is 18.7 Å². The Morgan fingerprint density at radius 1 is 0.929 bits per heavy atom. The standard InChI is InChI=1S/C22H21NO4S/c1-3-28(25,26)21-10-5-4-9-20(21)22(24)23-17-11-13-18(14-12-17)27-19-8-6-7-16(2)15-19/h4-15H,3H2,1-2H3,(H,23,24). The average molecular weight is 395 g/mol. The van der Waals surface area contributed by atoms with Gasteiger partial charge in [0.1, 0.15) is 11.5 Å². The fourth-order valence-corrected chi connectivity index (χ4v) is 3.79. The molecule has 0 radical (unpaired) electrons. The van der Waals surface area contributed by atoms with Crippen LogP contribution in [0.5, 0.6) is 11.5 Å². The van der Waals surface area contributed by atoms with Gasteiger partial charge in [-0.15, -0.1) is 0 Å². The van der Waals surface area contributed by atoms with Crippen LogP contribution < -0.4 is 10.1 Å². The van der Waals surface area contributed by atoms with E-state index in [0.29, 0.717) is 11.4 Å². The Hall–Kier alpha value is -3.12. The Balaban J connectivity index is 1.75. The predicted molar refractivity (Wildman–Crippen MR) is 110 cm³/mol. The molecular formula is C22H21NO4S. The van der Waals surface area contributed by atoms with E-state index in [1.165, 1.54) is 12.1 Å². The molecule has 6 heteroatoms. The highest BCUT2D eigenvalue weighted by atomic mass is 32.2. The van der Waals surface area contributed by atoms with E-state index >= 15 is 0 Å². The highest BCUT2D eigenvalue weighted by molar-refractivity contribution is 7.91. The van der Waals surface area contributed by atoms with Crippen molar-refractivity contribution in [3.05, 3.63) is 83.9 Å². The number of nitrogens with one attached hydrogen (secondary N) is 1. The number of carbonyl (C=O) groups is 1. The van der Waals surface area contributed by atoms with E-state index in [1.807, 2.05) is 31.2 Å². The van der Waals surface area contributed by atoms with Gasteiger partial charge in [-0.25, -0.2) is 8.42 Å². The van der Waals surface area contributed by atoms with Crippen molar-refractivity contribution >= 4 is 21.4 Å². The van der Waals surface area contributed by atoms with Crippen LogP contribution in [-0.2, 0) is 9.84 Å². The van der Waals surface area contributed by atoms with E-state index in [4.69, 9.17) is 4.74 Å². The molecule has 5 nitrogen and oxygen atoms in total. The third-order valence-electron chi connectivity index (χ3n) is 4.18. The zero-order valence-corrected chi connectivity index (χ0v) is 16.5. The van der Waals surface area contributed by atoms with Crippen LogP contribution in [0.25, 0.3) is 0 Å². The minimum atomic E-state index is -3.49. The molecule has 0 heterocycles. The summed E-state index contributed by atoms with van der Waals surface area (Å²) in [5.74, 6) is 0.829. The van der Waals surface area contributed by atoms with E-state index < -0.39 is 15.7 Å². The second-order valence-corrected chi connectivity index (χ2v) is 8.54. The molecule has 3 rings (SSSR count). The summed E-state index contributed by atoms with van der Waals surface area (Å²) >= 11 is 0. The lowest BCUT2D eigenvalue weighted by Gasteiger charge is -2.11. The van der Waals surface area contributed by atoms with Gasteiger partial charge in [0, 0.05) is 5.69 Å². The number of carbonyl (C=O) groups excluding carboxylic acids is 1. The molecule has 0 saturated heterocycles. The fraction of sp³-hybridized carbons (Fsp3) is 0.136. The second kappa shape index (κ2) is 8.27. The second-order valence-electron chi connectivity index (χ2n) is 6.30. The molecule has 3 aromatic carbocycles. The fourth-order valence-electron chi connectivity index (χ4n) is 2.70. The highest BCUT2D eigenvalue weighted by Gasteiger charge is 2.20. The molecule has 3 aromatic rings. The highest BCUT2D eigenvalue weighted by Crippen LogP contribution is 2.24. The topological polar surface area (TPSA) is 72.5 Å². The lowest BCUT2D eigenvalue weighted by Crippen LogP contribution is -2.17. The van der Waals surface area contributed by atoms with Gasteiger partial charge in [-0.1, -0.05) is 31.2 Å². The van der Waals surface area contributed by atoms with Crippen molar-refractivity contribution in [3.8, 4) is 11.5 Å². The first-order valence-corrected chi connectivity index (χ1v) is 10.5. The van der Waals surface area contributed by atoms with Gasteiger partial charge >= 0.3 is 0 Å². The molecule has 0 aliphatic carbocycles. The Morgan fingerprint density at radius 3 is 2.32 bits per heavy atom. The maximum Gasteiger partial charge on any atom is 0.256 e. The van der Waals surface area contributed by atoms with Gasteiger partial charge in [-0.2, -0.15) is 0 Å². The number of aryl methyl sites for hydroxylation is 1. The first-order valence-electron chi connectivity index (χ1n) is 8.87. The Labute approximate surface area is 164 Å². The van der Waals surface area contributed by atoms with Crippen LogP contribution in [-0.4, -0.2) is 20.1 Å². The molecule has 1 amide bonds. The number of amides is 1. The van der Waals surface area contributed by atoms with Crippen molar-refractivity contribution in [2.24, 2.45) is 0 Å². The van der Waals surface area contributed by atoms with Crippen LogP contribution >= 0.6 is 0 Å². The van der Waals surface area contributed by atoms with Crippen molar-refractivity contribution < 1.29 is 17.9 Å². The minimum absolute atomic E-state index is 0.0365. The van der Waals surface area contributed by atoms with Crippen LogP contribution in [0.4, 0.5) is 5.69 Å². The van der Waals surface area contributed by atoms with Crippen LogP contribution in [0.2, 0.25) is 0 Å². The van der Waals surface area contributed by atoms with Crippen molar-refractivity contribution in [1.82, 2.24) is 0 Å². The quantitative estimate of drug-likeness (QED) is 0.649. The normalized spacial score (nSPS) is 11.1. The van der Waals surface area contributed by atoms with Gasteiger partial charge in [0.15, 0.2) is 9.84 Å². The molecular weight excluding hydrogens is 374 g/mol. The smallest absolute Gasteiger partial charge is 0.256 e. The van der Waals surface area contributed by atoms with Crippen molar-refractivity contribution in [3.63, 3.8) is 0 Å². The lowest BCUT2D eigenvalue weighted by molar-refractivity contribution is 0.102. The number of hydrogen-bond donors (Lipinski definition) is 1. The van der Waals surface area contributed by atoms with E-state index in [-0.39, 0.29) is 16.2 Å². The number of rotatable bonds is 6. The van der Waals surface area contributed by atoms with Gasteiger partial charge in [-0.05, 0) is 61.0 Å². The molecule has 0 bridgehead atoms. The number of anilines is 1. The molecule has 0 unspecified atom stereocenters. The van der Waals surface area contributed by atoms with Crippen molar-refractivity contribution in [2.75, 3.05) is 11.1 Å². The molecule has 1 N–H and O–H groups in total. The lowest BCUT2D eigenvalue weighted by atomic mass is 10.2. The zero-order chi connectivity index (χ0) is 20.1. The molecule has 0 spiro atoms. The molecule has 0 aromatic heterocycles. The first kappa shape index (κ1) is 19.6. The van der Waals surface area contributed by atoms with E-state index in [9.17, 15) is 13.2 Å². The van der Waals surface area contributed by atoms with Crippen molar-refractivity contribution in [1.29, 1.82) is 0 Å². The molecule has 144 valence electrons. The number of benzene rings is 3. The largest absolute Gasteiger partial charge is 0.457 e. The Morgan fingerprint density at radius 2 is 1.64 bits per heavy atom. The first-order chi connectivity index (χ1) is 13.4. The predicted octanol–water partition coefficient (Wildman–Crippen LogP) is 4.83. The maximum atomic E-state index is 12.6. The third kappa shape index (κ3) is 4.58. The molecule has 0 saturated carbocycles. The molecule has 0 fully saturated rings. The molecule has 0 atom stereocenters. The summed E-state index contributed by atoms with van der Waals surface area (Å²) in [5, 5.41) is 2.74. The van der Waals surface area contributed by atoms with Crippen LogP contribution in [0.1, 0.15) is 22.8 Å². The SMILES string of the molecule is CCS(=O)(=O)c1ccccc1C(=O)Nc1ccc(Oc2cccc(C)c2)cc1. The number of sulfone groups is 1. The summed E-state index contributed by atoms with van der Waals surface area (Å²) in [5.41, 5.74) is 1.77. The van der Waals surface area contributed by atoms with Gasteiger partial charge in [0.2, 0.25) is 0 Å². The van der Waals surface area contributed by atoms with Crippen LogP contribution in [0.3, 0.4) is 0 Å². The monoisotopic (exact) mass is 395 g/mol. The third-order valence-corrected chi connectivity index (χ3v) is 5.97. The molecule has 0 aliphatic heterocycles. The minimum Gasteiger partial charge on any atom is -0.457 e.